The number of hydrogen-bond acceptors (Lipinski definition) is 4. The van der Waals surface area contributed by atoms with E-state index in [9.17, 15) is 4.79 Å². The number of amides is 1. The Bertz CT molecular complexity index is 611. The summed E-state index contributed by atoms with van der Waals surface area (Å²) in [5, 5.41) is 3.31. The molecule has 0 radical (unpaired) electrons. The molecule has 1 atom stereocenters. The molecule has 1 aromatic carbocycles. The summed E-state index contributed by atoms with van der Waals surface area (Å²) < 4.78 is 0. The topological polar surface area (TPSA) is 58.1 Å². The summed E-state index contributed by atoms with van der Waals surface area (Å²) in [4.78, 5) is 22.6. The summed E-state index contributed by atoms with van der Waals surface area (Å²) in [7, 11) is 0. The van der Waals surface area contributed by atoms with Gasteiger partial charge < -0.3 is 10.2 Å². The lowest BCUT2D eigenvalue weighted by atomic mass is 9.93. The molecule has 1 aliphatic rings. The lowest BCUT2D eigenvalue weighted by Gasteiger charge is -2.41. The van der Waals surface area contributed by atoms with E-state index in [1.807, 2.05) is 41.3 Å². The molecule has 5 nitrogen and oxygen atoms in total. The monoisotopic (exact) mass is 296 g/mol. The molecule has 0 aliphatic carbocycles. The Kier molecular flexibility index (Phi) is 4.32. The maximum absolute atomic E-state index is 12.6. The fraction of sp³-hybridized carbons (Fsp3) is 0.353. The maximum Gasteiger partial charge on any atom is 0.230 e. The maximum atomic E-state index is 12.6. The van der Waals surface area contributed by atoms with Crippen LogP contribution in [0.1, 0.15) is 24.8 Å². The number of carbonyl (C=O) groups excluding carboxylic acids is 1. The molecule has 22 heavy (non-hydrogen) atoms. The number of carbonyl (C=O) groups is 1. The van der Waals surface area contributed by atoms with Crippen molar-refractivity contribution in [1.29, 1.82) is 0 Å². The van der Waals surface area contributed by atoms with E-state index in [2.05, 4.69) is 22.2 Å². The van der Waals surface area contributed by atoms with Crippen LogP contribution in [0.25, 0.3) is 0 Å². The second-order valence-corrected chi connectivity index (χ2v) is 5.55. The van der Waals surface area contributed by atoms with E-state index < -0.39 is 0 Å². The van der Waals surface area contributed by atoms with E-state index in [1.165, 1.54) is 6.33 Å². The predicted molar refractivity (Wildman–Crippen MR) is 85.5 cm³/mol. The Labute approximate surface area is 130 Å². The first kappa shape index (κ1) is 14.5. The lowest BCUT2D eigenvalue weighted by Crippen LogP contribution is -2.58. The average Bonchev–Trinajstić information content (AvgIpc) is 2.53. The Morgan fingerprint density at radius 3 is 2.73 bits per heavy atom. The normalized spacial score (nSPS) is 16.0. The van der Waals surface area contributed by atoms with Gasteiger partial charge in [-0.3, -0.25) is 4.79 Å². The summed E-state index contributed by atoms with van der Waals surface area (Å²) in [6.07, 6.45) is 4.05. The molecule has 0 spiro atoms. The first-order chi connectivity index (χ1) is 10.8. The van der Waals surface area contributed by atoms with E-state index in [0.717, 1.165) is 30.9 Å². The van der Waals surface area contributed by atoms with Crippen molar-refractivity contribution >= 4 is 11.7 Å². The third-order valence-electron chi connectivity index (χ3n) is 4.04. The summed E-state index contributed by atoms with van der Waals surface area (Å²) in [6, 6.07) is 12.1. The van der Waals surface area contributed by atoms with Crippen LogP contribution in [0.2, 0.25) is 0 Å². The molecular formula is C17H20N4O. The Balaban J connectivity index is 1.56. The second-order valence-electron chi connectivity index (χ2n) is 5.55. The Morgan fingerprint density at radius 1 is 1.32 bits per heavy atom. The van der Waals surface area contributed by atoms with E-state index >= 15 is 0 Å². The minimum atomic E-state index is -0.0406. The quantitative estimate of drug-likeness (QED) is 0.919. The van der Waals surface area contributed by atoms with Gasteiger partial charge in [-0.1, -0.05) is 37.3 Å². The van der Waals surface area contributed by atoms with Gasteiger partial charge in [0.25, 0.3) is 0 Å². The minimum Gasteiger partial charge on any atom is -0.364 e. The number of aromatic nitrogens is 2. The highest BCUT2D eigenvalue weighted by Crippen LogP contribution is 2.25. The average molecular weight is 296 g/mol. The third kappa shape index (κ3) is 3.08. The van der Waals surface area contributed by atoms with Crippen molar-refractivity contribution < 1.29 is 4.79 Å². The molecule has 0 bridgehead atoms. The smallest absolute Gasteiger partial charge is 0.230 e. The van der Waals surface area contributed by atoms with E-state index in [-0.39, 0.29) is 17.9 Å². The molecule has 0 unspecified atom stereocenters. The minimum absolute atomic E-state index is 0.0406. The van der Waals surface area contributed by atoms with Crippen LogP contribution in [-0.4, -0.2) is 39.9 Å². The van der Waals surface area contributed by atoms with E-state index in [1.54, 1.807) is 6.20 Å². The standard InChI is InChI=1S/C17H20N4O/c1-2-15(13-6-4-3-5-7-13)17(22)21-10-14(11-21)20-16-8-9-18-12-19-16/h3-9,12,14-15H,2,10-11H2,1H3,(H,18,19,20)/t15-/m0/s1. The van der Waals surface area contributed by atoms with Crippen LogP contribution in [0.3, 0.4) is 0 Å². The molecular weight excluding hydrogens is 276 g/mol. The van der Waals surface area contributed by atoms with Crippen molar-refractivity contribution in [2.75, 3.05) is 18.4 Å². The van der Waals surface area contributed by atoms with Gasteiger partial charge >= 0.3 is 0 Å². The number of benzene rings is 1. The second kappa shape index (κ2) is 6.56. The molecule has 0 saturated carbocycles. The first-order valence-electron chi connectivity index (χ1n) is 7.64. The first-order valence-corrected chi connectivity index (χ1v) is 7.64. The van der Waals surface area contributed by atoms with Crippen molar-refractivity contribution in [3.8, 4) is 0 Å². The zero-order chi connectivity index (χ0) is 15.4. The molecule has 2 aromatic rings. The third-order valence-corrected chi connectivity index (χ3v) is 4.04. The molecule has 3 rings (SSSR count). The van der Waals surface area contributed by atoms with Crippen LogP contribution in [0.15, 0.2) is 48.9 Å². The van der Waals surface area contributed by atoms with Gasteiger partial charge in [-0.2, -0.15) is 0 Å². The van der Waals surface area contributed by atoms with Crippen LogP contribution in [0, 0.1) is 0 Å². The zero-order valence-corrected chi connectivity index (χ0v) is 12.6. The highest BCUT2D eigenvalue weighted by molar-refractivity contribution is 5.84. The number of nitrogens with one attached hydrogen (secondary N) is 1. The van der Waals surface area contributed by atoms with Gasteiger partial charge in [-0.25, -0.2) is 9.97 Å². The number of hydrogen-bond donors (Lipinski definition) is 1. The summed E-state index contributed by atoms with van der Waals surface area (Å²) in [5.74, 6) is 0.984. The highest BCUT2D eigenvalue weighted by Gasteiger charge is 2.34. The van der Waals surface area contributed by atoms with E-state index in [4.69, 9.17) is 0 Å². The fourth-order valence-corrected chi connectivity index (χ4v) is 2.79. The molecule has 5 heteroatoms. The van der Waals surface area contributed by atoms with Crippen LogP contribution >= 0.6 is 0 Å². The molecule has 1 amide bonds. The van der Waals surface area contributed by atoms with Crippen LogP contribution < -0.4 is 5.32 Å². The summed E-state index contributed by atoms with van der Waals surface area (Å²) in [5.41, 5.74) is 1.10. The molecule has 1 N–H and O–H groups in total. The van der Waals surface area contributed by atoms with Crippen molar-refractivity contribution in [1.82, 2.24) is 14.9 Å². The van der Waals surface area contributed by atoms with Gasteiger partial charge in [0.1, 0.15) is 12.1 Å². The number of nitrogens with zero attached hydrogens (tertiary/aromatic N) is 3. The van der Waals surface area contributed by atoms with Gasteiger partial charge in [-0.05, 0) is 18.1 Å². The van der Waals surface area contributed by atoms with Crippen molar-refractivity contribution in [2.45, 2.75) is 25.3 Å². The molecule has 1 fully saturated rings. The number of anilines is 1. The zero-order valence-electron chi connectivity index (χ0n) is 12.6. The van der Waals surface area contributed by atoms with Gasteiger partial charge in [0.15, 0.2) is 0 Å². The van der Waals surface area contributed by atoms with Crippen molar-refractivity contribution in [3.05, 3.63) is 54.5 Å². The lowest BCUT2D eigenvalue weighted by molar-refractivity contribution is -0.136. The molecule has 1 aliphatic heterocycles. The number of likely N-dealkylation sites (tertiary alicyclic amines) is 1. The van der Waals surface area contributed by atoms with Crippen LogP contribution in [-0.2, 0) is 4.79 Å². The van der Waals surface area contributed by atoms with E-state index in [0.29, 0.717) is 0 Å². The van der Waals surface area contributed by atoms with Crippen molar-refractivity contribution in [2.24, 2.45) is 0 Å². The molecule has 114 valence electrons. The van der Waals surface area contributed by atoms with Crippen molar-refractivity contribution in [3.63, 3.8) is 0 Å². The van der Waals surface area contributed by atoms with Gasteiger partial charge in [0, 0.05) is 19.3 Å². The Morgan fingerprint density at radius 2 is 2.09 bits per heavy atom. The summed E-state index contributed by atoms with van der Waals surface area (Å²) >= 11 is 0. The summed E-state index contributed by atoms with van der Waals surface area (Å²) in [6.45, 7) is 3.52. The van der Waals surface area contributed by atoms with Gasteiger partial charge in [0.2, 0.25) is 5.91 Å². The molecule has 2 heterocycles. The predicted octanol–water partition coefficient (Wildman–Crippen LogP) is 2.29. The van der Waals surface area contributed by atoms with Crippen LogP contribution in [0.5, 0.6) is 0 Å². The van der Waals surface area contributed by atoms with Gasteiger partial charge in [0.05, 0.1) is 12.0 Å². The SMILES string of the molecule is CC[C@H](C(=O)N1CC(Nc2ccncn2)C1)c1ccccc1. The largest absolute Gasteiger partial charge is 0.364 e. The fourth-order valence-electron chi connectivity index (χ4n) is 2.79. The number of rotatable bonds is 5. The molecule has 1 aromatic heterocycles. The Hall–Kier alpha value is -2.43. The van der Waals surface area contributed by atoms with Gasteiger partial charge in [-0.15, -0.1) is 0 Å². The van der Waals surface area contributed by atoms with Crippen LogP contribution in [0.4, 0.5) is 5.82 Å². The highest BCUT2D eigenvalue weighted by atomic mass is 16.2. The molecule has 1 saturated heterocycles.